The summed E-state index contributed by atoms with van der Waals surface area (Å²) in [5.41, 5.74) is 6.12. The van der Waals surface area contributed by atoms with Crippen LogP contribution in [-0.2, 0) is 9.84 Å². The molecule has 0 aromatic heterocycles. The van der Waals surface area contributed by atoms with Crippen LogP contribution in [0.25, 0.3) is 0 Å². The van der Waals surface area contributed by atoms with Crippen LogP contribution in [-0.4, -0.2) is 26.5 Å². The van der Waals surface area contributed by atoms with Gasteiger partial charge in [0.05, 0.1) is 5.75 Å². The van der Waals surface area contributed by atoms with Crippen molar-refractivity contribution in [3.05, 3.63) is 0 Å². The Bertz CT molecular complexity index is 292. The van der Waals surface area contributed by atoms with Crippen molar-refractivity contribution in [2.45, 2.75) is 51.9 Å². The molecule has 1 aliphatic rings. The second-order valence-electron chi connectivity index (χ2n) is 5.10. The molecular weight excluding hydrogens is 222 g/mol. The average molecular weight is 247 g/mol. The van der Waals surface area contributed by atoms with Gasteiger partial charge in [-0.2, -0.15) is 0 Å². The molecule has 16 heavy (non-hydrogen) atoms. The zero-order chi connectivity index (χ0) is 12.1. The van der Waals surface area contributed by atoms with Crippen LogP contribution in [0, 0.1) is 5.41 Å². The first kappa shape index (κ1) is 14.0. The molecule has 0 saturated heterocycles. The summed E-state index contributed by atoms with van der Waals surface area (Å²) in [6, 6.07) is 0. The lowest BCUT2D eigenvalue weighted by molar-refractivity contribution is 0.181. The van der Waals surface area contributed by atoms with E-state index in [0.717, 1.165) is 19.4 Å². The highest BCUT2D eigenvalue weighted by Gasteiger charge is 2.30. The summed E-state index contributed by atoms with van der Waals surface area (Å²) in [7, 11) is -2.80. The molecule has 0 aliphatic heterocycles. The summed E-state index contributed by atoms with van der Waals surface area (Å²) in [6.07, 6.45) is 7.99. The molecule has 1 saturated carbocycles. The third-order valence-corrected chi connectivity index (χ3v) is 5.74. The highest BCUT2D eigenvalue weighted by atomic mass is 32.2. The van der Waals surface area contributed by atoms with Crippen LogP contribution in [0.2, 0.25) is 0 Å². The van der Waals surface area contributed by atoms with Crippen LogP contribution < -0.4 is 5.73 Å². The molecule has 1 fully saturated rings. The Kier molecular flexibility index (Phi) is 5.25. The van der Waals surface area contributed by atoms with Crippen molar-refractivity contribution in [1.29, 1.82) is 0 Å². The van der Waals surface area contributed by atoms with Gasteiger partial charge in [0.15, 0.2) is 0 Å². The number of rotatable bonds is 6. The van der Waals surface area contributed by atoms with Crippen molar-refractivity contribution in [2.24, 2.45) is 11.1 Å². The fraction of sp³-hybridized carbons (Fsp3) is 1.00. The molecule has 0 spiro atoms. The number of sulfone groups is 1. The number of hydrogen-bond acceptors (Lipinski definition) is 3. The second-order valence-corrected chi connectivity index (χ2v) is 7.58. The third kappa shape index (κ3) is 4.06. The van der Waals surface area contributed by atoms with Gasteiger partial charge in [0.1, 0.15) is 9.84 Å². The molecule has 4 heteroatoms. The van der Waals surface area contributed by atoms with Gasteiger partial charge >= 0.3 is 0 Å². The van der Waals surface area contributed by atoms with Gasteiger partial charge in [-0.05, 0) is 37.6 Å². The van der Waals surface area contributed by atoms with Crippen molar-refractivity contribution >= 4 is 9.84 Å². The Morgan fingerprint density at radius 2 is 1.81 bits per heavy atom. The lowest BCUT2D eigenvalue weighted by Gasteiger charge is -2.36. The lowest BCUT2D eigenvalue weighted by Crippen LogP contribution is -2.33. The first-order valence-electron chi connectivity index (χ1n) is 6.44. The fourth-order valence-electron chi connectivity index (χ4n) is 2.67. The molecule has 0 amide bonds. The minimum atomic E-state index is -2.80. The van der Waals surface area contributed by atoms with E-state index in [1.807, 2.05) is 0 Å². The molecule has 1 rings (SSSR count). The lowest BCUT2D eigenvalue weighted by atomic mass is 9.71. The zero-order valence-corrected chi connectivity index (χ0v) is 11.2. The first-order chi connectivity index (χ1) is 7.54. The molecule has 3 nitrogen and oxygen atoms in total. The molecule has 0 aromatic rings. The minimum Gasteiger partial charge on any atom is -0.330 e. The van der Waals surface area contributed by atoms with Gasteiger partial charge in [-0.15, -0.1) is 0 Å². The predicted octanol–water partition coefficient (Wildman–Crippen LogP) is 2.11. The van der Waals surface area contributed by atoms with Crippen LogP contribution in [0.3, 0.4) is 0 Å². The van der Waals surface area contributed by atoms with Crippen LogP contribution in [0.4, 0.5) is 0 Å². The molecule has 0 radical (unpaired) electrons. The second kappa shape index (κ2) is 6.01. The van der Waals surface area contributed by atoms with Crippen LogP contribution in [0.1, 0.15) is 51.9 Å². The quantitative estimate of drug-likeness (QED) is 0.782. The predicted molar refractivity (Wildman–Crippen MR) is 68.1 cm³/mol. The molecule has 0 atom stereocenters. The summed E-state index contributed by atoms with van der Waals surface area (Å²) in [5.74, 6) is 0.605. The molecule has 0 aromatic carbocycles. The maximum absolute atomic E-state index is 11.4. The van der Waals surface area contributed by atoms with E-state index < -0.39 is 9.84 Å². The Balaban J connectivity index is 2.39. The Morgan fingerprint density at radius 1 is 1.19 bits per heavy atom. The van der Waals surface area contributed by atoms with Gasteiger partial charge in [-0.25, -0.2) is 8.42 Å². The Morgan fingerprint density at radius 3 is 2.31 bits per heavy atom. The standard InChI is InChI=1S/C12H25NO2S/c1-2-16(14,15)10-6-9-12(11-13)7-4-3-5-8-12/h2-11,13H2,1H3. The SMILES string of the molecule is CCS(=O)(=O)CCCC1(CN)CCCCC1. The highest BCUT2D eigenvalue weighted by molar-refractivity contribution is 7.91. The van der Waals surface area contributed by atoms with Crippen LogP contribution in [0.5, 0.6) is 0 Å². The van der Waals surface area contributed by atoms with Gasteiger partial charge in [0, 0.05) is 5.75 Å². The Hall–Kier alpha value is -0.0900. The van der Waals surface area contributed by atoms with Crippen molar-refractivity contribution < 1.29 is 8.42 Å². The van der Waals surface area contributed by atoms with Crippen molar-refractivity contribution in [3.63, 3.8) is 0 Å². The maximum atomic E-state index is 11.4. The summed E-state index contributed by atoms with van der Waals surface area (Å²) in [5, 5.41) is 0. The molecule has 0 unspecified atom stereocenters. The van der Waals surface area contributed by atoms with Gasteiger partial charge in [0.25, 0.3) is 0 Å². The van der Waals surface area contributed by atoms with E-state index in [0.29, 0.717) is 5.75 Å². The maximum Gasteiger partial charge on any atom is 0.150 e. The monoisotopic (exact) mass is 247 g/mol. The fourth-order valence-corrected chi connectivity index (χ4v) is 3.54. The van der Waals surface area contributed by atoms with E-state index in [2.05, 4.69) is 0 Å². The van der Waals surface area contributed by atoms with Gasteiger partial charge in [-0.1, -0.05) is 26.2 Å². The highest BCUT2D eigenvalue weighted by Crippen LogP contribution is 2.39. The summed E-state index contributed by atoms with van der Waals surface area (Å²) < 4.78 is 22.8. The van der Waals surface area contributed by atoms with Gasteiger partial charge in [-0.3, -0.25) is 0 Å². The molecule has 0 bridgehead atoms. The summed E-state index contributed by atoms with van der Waals surface area (Å²) in [6.45, 7) is 2.44. The zero-order valence-electron chi connectivity index (χ0n) is 10.4. The molecule has 96 valence electrons. The Labute approximate surface area is 99.7 Å². The van der Waals surface area contributed by atoms with E-state index >= 15 is 0 Å². The summed E-state index contributed by atoms with van der Waals surface area (Å²) >= 11 is 0. The van der Waals surface area contributed by atoms with Crippen LogP contribution in [0.15, 0.2) is 0 Å². The molecule has 2 N–H and O–H groups in total. The van der Waals surface area contributed by atoms with Gasteiger partial charge < -0.3 is 5.73 Å². The summed E-state index contributed by atoms with van der Waals surface area (Å²) in [4.78, 5) is 0. The number of nitrogens with two attached hydrogens (primary N) is 1. The van der Waals surface area contributed by atoms with Gasteiger partial charge in [0.2, 0.25) is 0 Å². The largest absolute Gasteiger partial charge is 0.330 e. The topological polar surface area (TPSA) is 60.2 Å². The minimum absolute atomic E-state index is 0.251. The van der Waals surface area contributed by atoms with E-state index in [9.17, 15) is 8.42 Å². The normalized spacial score (nSPS) is 20.9. The first-order valence-corrected chi connectivity index (χ1v) is 8.26. The van der Waals surface area contributed by atoms with Crippen molar-refractivity contribution in [2.75, 3.05) is 18.1 Å². The van der Waals surface area contributed by atoms with E-state index in [-0.39, 0.29) is 11.2 Å². The van der Waals surface area contributed by atoms with E-state index in [1.165, 1.54) is 32.1 Å². The smallest absolute Gasteiger partial charge is 0.150 e. The van der Waals surface area contributed by atoms with Crippen molar-refractivity contribution in [1.82, 2.24) is 0 Å². The number of hydrogen-bond donors (Lipinski definition) is 1. The third-order valence-electron chi connectivity index (χ3n) is 3.95. The van der Waals surface area contributed by atoms with E-state index in [4.69, 9.17) is 5.73 Å². The van der Waals surface area contributed by atoms with Crippen LogP contribution >= 0.6 is 0 Å². The molecule has 0 heterocycles. The van der Waals surface area contributed by atoms with E-state index in [1.54, 1.807) is 6.92 Å². The molecular formula is C12H25NO2S. The van der Waals surface area contributed by atoms with Crippen molar-refractivity contribution in [3.8, 4) is 0 Å². The average Bonchev–Trinajstić information content (AvgIpc) is 2.30. The molecule has 1 aliphatic carbocycles.